The zero-order chi connectivity index (χ0) is 16.9. The third kappa shape index (κ3) is 3.75. The highest BCUT2D eigenvalue weighted by molar-refractivity contribution is 6.07. The summed E-state index contributed by atoms with van der Waals surface area (Å²) in [6.45, 7) is 6.13. The van der Waals surface area contributed by atoms with Crippen molar-refractivity contribution in [1.82, 2.24) is 10.2 Å². The summed E-state index contributed by atoms with van der Waals surface area (Å²) >= 11 is 0. The van der Waals surface area contributed by atoms with Gasteiger partial charge in [0.05, 0.1) is 5.69 Å². The number of nitrogens with one attached hydrogen (secondary N) is 1. The molecule has 0 radical (unpaired) electrons. The molecule has 1 aliphatic rings. The Bertz CT molecular complexity index is 700. The van der Waals surface area contributed by atoms with E-state index in [1.807, 2.05) is 32.1 Å². The van der Waals surface area contributed by atoms with Crippen LogP contribution in [0.25, 0.3) is 6.08 Å². The number of hydrogen-bond donors (Lipinski definition) is 1. The molecule has 4 heteroatoms. The van der Waals surface area contributed by atoms with Crippen molar-refractivity contribution in [3.05, 3.63) is 52.9 Å². The van der Waals surface area contributed by atoms with Gasteiger partial charge in [-0.15, -0.1) is 0 Å². The summed E-state index contributed by atoms with van der Waals surface area (Å²) in [5.74, 6) is 0.0254. The fraction of sp³-hybridized carbons (Fsp3) is 0.400. The second kappa shape index (κ2) is 7.47. The second-order valence-corrected chi connectivity index (χ2v) is 6.49. The lowest BCUT2D eigenvalue weighted by Gasteiger charge is -2.22. The van der Waals surface area contributed by atoms with Crippen LogP contribution in [0.2, 0.25) is 0 Å². The first-order valence-corrected chi connectivity index (χ1v) is 8.74. The number of aryl methyl sites for hydroxylation is 2. The normalized spacial score (nSPS) is 15.7. The van der Waals surface area contributed by atoms with Gasteiger partial charge in [0.15, 0.2) is 5.78 Å². The molecule has 1 saturated heterocycles. The first-order chi connectivity index (χ1) is 11.6. The van der Waals surface area contributed by atoms with E-state index in [1.165, 1.54) is 31.4 Å². The number of rotatable bonds is 4. The van der Waals surface area contributed by atoms with Crippen molar-refractivity contribution in [3.63, 3.8) is 0 Å². The van der Waals surface area contributed by atoms with Gasteiger partial charge in [0.2, 0.25) is 0 Å². The van der Waals surface area contributed by atoms with Gasteiger partial charge >= 0.3 is 0 Å². The molecule has 126 valence electrons. The van der Waals surface area contributed by atoms with Crippen LogP contribution in [0.5, 0.6) is 0 Å². The molecule has 1 aromatic carbocycles. The van der Waals surface area contributed by atoms with Gasteiger partial charge in [-0.25, -0.2) is 0 Å². The largest absolute Gasteiger partial charge is 0.372 e. The minimum atomic E-state index is 0.0254. The van der Waals surface area contributed by atoms with Crippen LogP contribution in [0.3, 0.4) is 0 Å². The smallest absolute Gasteiger partial charge is 0.185 e. The van der Waals surface area contributed by atoms with Crippen LogP contribution in [0.15, 0.2) is 30.3 Å². The van der Waals surface area contributed by atoms with Crippen molar-refractivity contribution < 1.29 is 4.79 Å². The van der Waals surface area contributed by atoms with E-state index in [2.05, 4.69) is 27.2 Å². The molecule has 0 bridgehead atoms. The molecule has 3 rings (SSSR count). The van der Waals surface area contributed by atoms with Crippen molar-refractivity contribution in [2.45, 2.75) is 39.5 Å². The number of anilines is 1. The Balaban J connectivity index is 1.69. The van der Waals surface area contributed by atoms with Crippen LogP contribution in [0.1, 0.15) is 53.0 Å². The Morgan fingerprint density at radius 2 is 1.75 bits per heavy atom. The number of benzene rings is 1. The number of nitrogens with zero attached hydrogens (tertiary/aromatic N) is 2. The number of allylic oxidation sites excluding steroid dienone is 1. The molecule has 1 N–H and O–H groups in total. The molecule has 1 fully saturated rings. The number of H-pyrrole nitrogens is 1. The van der Waals surface area contributed by atoms with Gasteiger partial charge in [0.25, 0.3) is 0 Å². The highest BCUT2D eigenvalue weighted by atomic mass is 16.1. The summed E-state index contributed by atoms with van der Waals surface area (Å²) in [6, 6.07) is 8.01. The predicted octanol–water partition coefficient (Wildman–Crippen LogP) is 4.30. The summed E-state index contributed by atoms with van der Waals surface area (Å²) in [6.07, 6.45) is 8.64. The first-order valence-electron chi connectivity index (χ1n) is 8.74. The Kier molecular flexibility index (Phi) is 5.14. The summed E-state index contributed by atoms with van der Waals surface area (Å²) in [7, 11) is 0. The fourth-order valence-electron chi connectivity index (χ4n) is 3.23. The first kappa shape index (κ1) is 16.5. The van der Waals surface area contributed by atoms with Gasteiger partial charge < -0.3 is 4.90 Å². The zero-order valence-electron chi connectivity index (χ0n) is 14.5. The lowest BCUT2D eigenvalue weighted by Crippen LogP contribution is -2.23. The molecular formula is C20H25N3O. The van der Waals surface area contributed by atoms with Crippen LogP contribution in [-0.4, -0.2) is 29.1 Å². The topological polar surface area (TPSA) is 49.0 Å². The van der Waals surface area contributed by atoms with Crippen molar-refractivity contribution in [3.8, 4) is 0 Å². The number of ketones is 1. The van der Waals surface area contributed by atoms with E-state index in [0.29, 0.717) is 0 Å². The van der Waals surface area contributed by atoms with Crippen LogP contribution in [0, 0.1) is 13.8 Å². The average molecular weight is 323 g/mol. The molecule has 0 saturated carbocycles. The summed E-state index contributed by atoms with van der Waals surface area (Å²) in [5, 5.41) is 7.08. The SMILES string of the molecule is Cc1n[nH]c(C)c1/C=C/C(=O)c1ccc(N2CCCCCC2)cc1. The van der Waals surface area contributed by atoms with E-state index in [0.717, 1.165) is 35.6 Å². The molecule has 0 amide bonds. The molecule has 1 aromatic heterocycles. The summed E-state index contributed by atoms with van der Waals surface area (Å²) in [5.41, 5.74) is 4.83. The third-order valence-electron chi connectivity index (χ3n) is 4.71. The van der Waals surface area contributed by atoms with Gasteiger partial charge in [-0.05, 0) is 63.1 Å². The molecule has 0 unspecified atom stereocenters. The molecule has 24 heavy (non-hydrogen) atoms. The van der Waals surface area contributed by atoms with E-state index < -0.39 is 0 Å². The molecule has 0 aliphatic carbocycles. The molecule has 2 heterocycles. The predicted molar refractivity (Wildman–Crippen MR) is 98.5 cm³/mol. The fourth-order valence-corrected chi connectivity index (χ4v) is 3.23. The van der Waals surface area contributed by atoms with Crippen LogP contribution < -0.4 is 4.90 Å². The molecule has 4 nitrogen and oxygen atoms in total. The lowest BCUT2D eigenvalue weighted by atomic mass is 10.1. The van der Waals surface area contributed by atoms with Crippen molar-refractivity contribution in [2.24, 2.45) is 0 Å². The van der Waals surface area contributed by atoms with Crippen molar-refractivity contribution >= 4 is 17.5 Å². The van der Waals surface area contributed by atoms with Gasteiger partial charge in [-0.2, -0.15) is 5.10 Å². The molecule has 0 spiro atoms. The lowest BCUT2D eigenvalue weighted by molar-refractivity contribution is 0.104. The monoisotopic (exact) mass is 323 g/mol. The quantitative estimate of drug-likeness (QED) is 0.674. The van der Waals surface area contributed by atoms with Crippen LogP contribution in [-0.2, 0) is 0 Å². The van der Waals surface area contributed by atoms with E-state index in [4.69, 9.17) is 0 Å². The second-order valence-electron chi connectivity index (χ2n) is 6.49. The van der Waals surface area contributed by atoms with Gasteiger partial charge in [0.1, 0.15) is 0 Å². The Labute approximate surface area is 143 Å². The number of carbonyl (C=O) groups is 1. The highest BCUT2D eigenvalue weighted by Crippen LogP contribution is 2.20. The van der Waals surface area contributed by atoms with Crippen molar-refractivity contribution in [1.29, 1.82) is 0 Å². The Morgan fingerprint density at radius 1 is 1.08 bits per heavy atom. The number of aromatic amines is 1. The van der Waals surface area contributed by atoms with Gasteiger partial charge in [0, 0.05) is 35.6 Å². The average Bonchev–Trinajstić information content (AvgIpc) is 2.81. The summed E-state index contributed by atoms with van der Waals surface area (Å²) < 4.78 is 0. The van der Waals surface area contributed by atoms with Crippen LogP contribution in [0.4, 0.5) is 5.69 Å². The third-order valence-corrected chi connectivity index (χ3v) is 4.71. The van der Waals surface area contributed by atoms with Gasteiger partial charge in [-0.1, -0.05) is 12.8 Å². The van der Waals surface area contributed by atoms with Crippen molar-refractivity contribution in [2.75, 3.05) is 18.0 Å². The zero-order valence-corrected chi connectivity index (χ0v) is 14.5. The number of hydrogen-bond acceptors (Lipinski definition) is 3. The number of aromatic nitrogens is 2. The molecular weight excluding hydrogens is 298 g/mol. The number of carbonyl (C=O) groups excluding carboxylic acids is 1. The summed E-state index contributed by atoms with van der Waals surface area (Å²) in [4.78, 5) is 14.8. The molecule has 2 aromatic rings. The van der Waals surface area contributed by atoms with E-state index in [9.17, 15) is 4.79 Å². The maximum absolute atomic E-state index is 12.4. The Morgan fingerprint density at radius 3 is 2.33 bits per heavy atom. The molecule has 1 aliphatic heterocycles. The van der Waals surface area contributed by atoms with E-state index in [-0.39, 0.29) is 5.78 Å². The Hall–Kier alpha value is -2.36. The minimum absolute atomic E-state index is 0.0254. The van der Waals surface area contributed by atoms with Crippen LogP contribution >= 0.6 is 0 Å². The maximum atomic E-state index is 12.4. The van der Waals surface area contributed by atoms with E-state index >= 15 is 0 Å². The van der Waals surface area contributed by atoms with Gasteiger partial charge in [-0.3, -0.25) is 9.89 Å². The minimum Gasteiger partial charge on any atom is -0.372 e. The van der Waals surface area contributed by atoms with E-state index in [1.54, 1.807) is 6.08 Å². The maximum Gasteiger partial charge on any atom is 0.185 e. The highest BCUT2D eigenvalue weighted by Gasteiger charge is 2.11. The molecule has 0 atom stereocenters. The standard InChI is InChI=1S/C20H25N3O/c1-15-19(16(2)22-21-15)11-12-20(24)17-7-9-18(10-8-17)23-13-5-3-4-6-14-23/h7-12H,3-6,13-14H2,1-2H3,(H,21,22)/b12-11+.